The zero-order valence-electron chi connectivity index (χ0n) is 10.2. The molecule has 21 heavy (non-hydrogen) atoms. The fourth-order valence-corrected chi connectivity index (χ4v) is 19.7. The van der Waals surface area contributed by atoms with E-state index in [0.717, 1.165) is 0 Å². The van der Waals surface area contributed by atoms with Gasteiger partial charge in [-0.05, 0) is 0 Å². The van der Waals surface area contributed by atoms with Crippen LogP contribution < -0.4 is 11.5 Å². The molecule has 0 saturated carbocycles. The summed E-state index contributed by atoms with van der Waals surface area (Å²) in [5.74, 6) is 0. The van der Waals surface area contributed by atoms with Gasteiger partial charge in [-0.3, -0.25) is 0 Å². The standard InChI is InChI=1S/2C5H5ClN2S.2ClH.Sn/c2*6-4-2-1-3(7)5(9)8-4;;;/h2*1-2H,7H2,(H,8,9);2*1H;/q;;;;+4/p-4. The molecule has 0 aliphatic carbocycles. The SMILES string of the molecule is Nc1ccc(Cl)nc1[S][Sn]([Cl])([Cl])[S]c1nc(Cl)ccc1N. The normalized spacial score (nSPS) is 11.6. The predicted octanol–water partition coefficient (Wildman–Crippen LogP) is 4.75. The van der Waals surface area contributed by atoms with Gasteiger partial charge in [0.1, 0.15) is 0 Å². The Morgan fingerprint density at radius 1 is 0.810 bits per heavy atom. The molecule has 11 heteroatoms. The zero-order chi connectivity index (χ0) is 15.6. The number of anilines is 2. The first-order chi connectivity index (χ1) is 9.77. The molecular formula is C10H8Cl4N4S2Sn. The number of pyridine rings is 2. The van der Waals surface area contributed by atoms with Gasteiger partial charge in [0.05, 0.1) is 0 Å². The van der Waals surface area contributed by atoms with Crippen LogP contribution in [0, 0.1) is 0 Å². The average Bonchev–Trinajstić information content (AvgIpc) is 2.37. The molecule has 0 aromatic carbocycles. The first-order valence-corrected chi connectivity index (χ1v) is 22.0. The van der Waals surface area contributed by atoms with Crippen LogP contribution in [0.25, 0.3) is 0 Å². The maximum absolute atomic E-state index is 6.48. The van der Waals surface area contributed by atoms with E-state index < -0.39 is 13.4 Å². The van der Waals surface area contributed by atoms with E-state index in [-0.39, 0.29) is 0 Å². The number of halogens is 4. The molecule has 2 aromatic heterocycles. The Kier molecular flexibility index (Phi) is 6.33. The van der Waals surface area contributed by atoms with Gasteiger partial charge in [-0.2, -0.15) is 0 Å². The third-order valence-electron chi connectivity index (χ3n) is 2.14. The number of aromatic nitrogens is 2. The van der Waals surface area contributed by atoms with Gasteiger partial charge in [-0.15, -0.1) is 0 Å². The molecule has 0 fully saturated rings. The van der Waals surface area contributed by atoms with Crippen molar-refractivity contribution in [3.8, 4) is 0 Å². The van der Waals surface area contributed by atoms with Crippen LogP contribution in [0.3, 0.4) is 0 Å². The van der Waals surface area contributed by atoms with Crippen LogP contribution in [0.15, 0.2) is 34.3 Å². The van der Waals surface area contributed by atoms with Crippen molar-refractivity contribution >= 4 is 83.7 Å². The Bertz CT molecular complexity index is 618. The van der Waals surface area contributed by atoms with E-state index >= 15 is 0 Å². The summed E-state index contributed by atoms with van der Waals surface area (Å²) in [5.41, 5.74) is 12.6. The van der Waals surface area contributed by atoms with Gasteiger partial charge in [-0.25, -0.2) is 0 Å². The Morgan fingerprint density at radius 2 is 1.19 bits per heavy atom. The average molecular weight is 509 g/mol. The molecule has 112 valence electrons. The van der Waals surface area contributed by atoms with Crippen molar-refractivity contribution < 1.29 is 0 Å². The van der Waals surface area contributed by atoms with Gasteiger partial charge in [0.2, 0.25) is 0 Å². The van der Waals surface area contributed by atoms with Gasteiger partial charge in [-0.1, -0.05) is 0 Å². The van der Waals surface area contributed by atoms with Crippen molar-refractivity contribution in [2.45, 2.75) is 10.1 Å². The van der Waals surface area contributed by atoms with E-state index in [0.29, 0.717) is 31.7 Å². The van der Waals surface area contributed by atoms with Gasteiger partial charge < -0.3 is 0 Å². The van der Waals surface area contributed by atoms with Gasteiger partial charge in [0.25, 0.3) is 0 Å². The number of rotatable bonds is 4. The van der Waals surface area contributed by atoms with E-state index in [4.69, 9.17) is 52.5 Å². The monoisotopic (exact) mass is 508 g/mol. The van der Waals surface area contributed by atoms with Gasteiger partial charge in [0, 0.05) is 0 Å². The molecule has 0 atom stereocenters. The van der Waals surface area contributed by atoms with E-state index in [2.05, 4.69) is 9.97 Å². The number of nitrogens with two attached hydrogens (primary N) is 2. The second-order valence-corrected chi connectivity index (χ2v) is 36.7. The molecule has 0 radical (unpaired) electrons. The maximum atomic E-state index is 6.48. The minimum absolute atomic E-state index is 0.326. The summed E-state index contributed by atoms with van der Waals surface area (Å²) in [4.78, 5) is 8.27. The van der Waals surface area contributed by atoms with Gasteiger partial charge in [0.15, 0.2) is 0 Å². The first kappa shape index (κ1) is 17.9. The van der Waals surface area contributed by atoms with Crippen molar-refractivity contribution in [1.29, 1.82) is 0 Å². The van der Waals surface area contributed by atoms with E-state index in [9.17, 15) is 0 Å². The Hall–Kier alpha value is 0.559. The number of nitrogen functional groups attached to an aromatic ring is 2. The third-order valence-corrected chi connectivity index (χ3v) is 21.0. The van der Waals surface area contributed by atoms with Crippen LogP contribution in [0.2, 0.25) is 10.3 Å². The summed E-state index contributed by atoms with van der Waals surface area (Å²) in [6.07, 6.45) is 0. The predicted molar refractivity (Wildman–Crippen MR) is 96.5 cm³/mol. The molecule has 0 unspecified atom stereocenters. The van der Waals surface area contributed by atoms with Crippen LogP contribution in [0.5, 0.6) is 0 Å². The Balaban J connectivity index is 2.22. The van der Waals surface area contributed by atoms with Crippen molar-refractivity contribution in [1.82, 2.24) is 9.97 Å². The summed E-state index contributed by atoms with van der Waals surface area (Å²) < 4.78 is 0. The van der Waals surface area contributed by atoms with Crippen LogP contribution in [0.4, 0.5) is 11.4 Å². The number of nitrogens with zero attached hydrogens (tertiary/aromatic N) is 2. The number of hydrogen-bond donors (Lipinski definition) is 2. The molecule has 0 amide bonds. The molecule has 2 rings (SSSR count). The molecule has 4 N–H and O–H groups in total. The topological polar surface area (TPSA) is 77.8 Å². The summed E-state index contributed by atoms with van der Waals surface area (Å²) in [6.45, 7) is 0. The van der Waals surface area contributed by atoms with Crippen LogP contribution in [0.1, 0.15) is 0 Å². The minimum atomic E-state index is -3.72. The Morgan fingerprint density at radius 3 is 1.57 bits per heavy atom. The van der Waals surface area contributed by atoms with Crippen LogP contribution >= 0.6 is 58.9 Å². The van der Waals surface area contributed by atoms with E-state index in [1.165, 1.54) is 17.9 Å². The summed E-state index contributed by atoms with van der Waals surface area (Å²) in [6, 6.07) is 6.52. The quantitative estimate of drug-likeness (QED) is 0.459. The summed E-state index contributed by atoms with van der Waals surface area (Å²) in [5, 5.41) is 1.67. The van der Waals surface area contributed by atoms with E-state index in [1.807, 2.05) is 0 Å². The van der Waals surface area contributed by atoms with Crippen molar-refractivity contribution in [2.24, 2.45) is 0 Å². The van der Waals surface area contributed by atoms with Gasteiger partial charge >= 0.3 is 150 Å². The molecule has 0 aliphatic rings. The second kappa shape index (κ2) is 7.42. The van der Waals surface area contributed by atoms with Crippen LogP contribution in [-0.4, -0.2) is 23.3 Å². The molecule has 4 nitrogen and oxygen atoms in total. The van der Waals surface area contributed by atoms with E-state index in [1.54, 1.807) is 24.3 Å². The number of hydrogen-bond acceptors (Lipinski definition) is 6. The summed E-state index contributed by atoms with van der Waals surface area (Å²) >= 11 is 7.98. The molecule has 2 aromatic rings. The molecule has 0 aliphatic heterocycles. The van der Waals surface area contributed by atoms with Crippen molar-refractivity contribution in [3.05, 3.63) is 34.6 Å². The zero-order valence-corrected chi connectivity index (χ0v) is 17.7. The molecule has 0 saturated heterocycles. The fraction of sp³-hybridized carbons (Fsp3) is 0. The van der Waals surface area contributed by atoms with Crippen molar-refractivity contribution in [3.63, 3.8) is 0 Å². The summed E-state index contributed by atoms with van der Waals surface area (Å²) in [7, 11) is 15.4. The first-order valence-electron chi connectivity index (χ1n) is 5.37. The third kappa shape index (κ3) is 5.30. The second-order valence-electron chi connectivity index (χ2n) is 3.72. The molecule has 0 spiro atoms. The molecular weight excluding hydrogens is 501 g/mol. The fourth-order valence-electron chi connectivity index (χ4n) is 1.27. The van der Waals surface area contributed by atoms with Crippen molar-refractivity contribution in [2.75, 3.05) is 11.5 Å². The molecule has 2 heterocycles. The Labute approximate surface area is 148 Å². The van der Waals surface area contributed by atoms with Crippen LogP contribution in [-0.2, 0) is 0 Å². The molecule has 0 bridgehead atoms.